The number of likely N-dealkylation sites (tertiary alicyclic amines) is 1. The Morgan fingerprint density at radius 2 is 2.08 bits per heavy atom. The molecule has 1 saturated heterocycles. The number of nitrogens with one attached hydrogen (secondary N) is 2. The van der Waals surface area contributed by atoms with E-state index in [0.29, 0.717) is 19.0 Å². The molecule has 2 aliphatic rings. The monoisotopic (exact) mass is 333 g/mol. The van der Waals surface area contributed by atoms with Crippen molar-refractivity contribution >= 4 is 11.9 Å². The summed E-state index contributed by atoms with van der Waals surface area (Å²) in [5.74, 6) is 0.164. The van der Waals surface area contributed by atoms with Gasteiger partial charge in [-0.3, -0.25) is 9.48 Å². The molecule has 7 heteroatoms. The SMILES string of the molecule is Cc1nn(C)c(C)c1C[C@@H](C)NC(=O)N[C@H]1CC(=O)N(C2CC2)C1. The van der Waals surface area contributed by atoms with Crippen LogP contribution in [0.2, 0.25) is 0 Å². The summed E-state index contributed by atoms with van der Waals surface area (Å²) >= 11 is 0. The molecule has 0 aromatic carbocycles. The van der Waals surface area contributed by atoms with E-state index in [4.69, 9.17) is 0 Å². The van der Waals surface area contributed by atoms with Crippen molar-refractivity contribution < 1.29 is 9.59 Å². The first-order chi connectivity index (χ1) is 11.3. The minimum absolute atomic E-state index is 0.00300. The minimum atomic E-state index is -0.197. The number of carbonyl (C=O) groups is 2. The van der Waals surface area contributed by atoms with Crippen molar-refractivity contribution in [2.24, 2.45) is 7.05 Å². The summed E-state index contributed by atoms with van der Waals surface area (Å²) in [6.45, 7) is 6.67. The standard InChI is InChI=1S/C17H27N5O2/c1-10(7-15-11(2)20-21(4)12(15)3)18-17(24)19-13-8-16(23)22(9-13)14-5-6-14/h10,13-14H,5-9H2,1-4H3,(H2,18,19,24)/t10-,13+/m1/s1. The molecule has 1 aliphatic carbocycles. The lowest BCUT2D eigenvalue weighted by molar-refractivity contribution is -0.128. The third kappa shape index (κ3) is 3.55. The van der Waals surface area contributed by atoms with Crippen LogP contribution in [0.4, 0.5) is 4.79 Å². The summed E-state index contributed by atoms with van der Waals surface area (Å²) in [5.41, 5.74) is 3.31. The van der Waals surface area contributed by atoms with Crippen molar-refractivity contribution in [3.63, 3.8) is 0 Å². The van der Waals surface area contributed by atoms with E-state index in [0.717, 1.165) is 30.7 Å². The Morgan fingerprint density at radius 1 is 1.38 bits per heavy atom. The molecule has 0 bridgehead atoms. The van der Waals surface area contributed by atoms with E-state index >= 15 is 0 Å². The zero-order valence-corrected chi connectivity index (χ0v) is 14.9. The van der Waals surface area contributed by atoms with Crippen molar-refractivity contribution in [1.29, 1.82) is 0 Å². The number of rotatable bonds is 5. The highest BCUT2D eigenvalue weighted by molar-refractivity contribution is 5.82. The van der Waals surface area contributed by atoms with Crippen LogP contribution in [0.1, 0.15) is 43.1 Å². The number of aryl methyl sites for hydroxylation is 2. The summed E-state index contributed by atoms with van der Waals surface area (Å²) in [6.07, 6.45) is 3.37. The van der Waals surface area contributed by atoms with Gasteiger partial charge in [-0.05, 0) is 45.6 Å². The van der Waals surface area contributed by atoms with Crippen molar-refractivity contribution in [2.75, 3.05) is 6.54 Å². The van der Waals surface area contributed by atoms with E-state index in [1.807, 2.05) is 37.4 Å². The van der Waals surface area contributed by atoms with E-state index in [1.54, 1.807) is 0 Å². The van der Waals surface area contributed by atoms with Crippen LogP contribution in [0, 0.1) is 13.8 Å². The number of carbonyl (C=O) groups excluding carboxylic acids is 2. The van der Waals surface area contributed by atoms with Gasteiger partial charge in [0.15, 0.2) is 0 Å². The molecule has 7 nitrogen and oxygen atoms in total. The molecule has 1 saturated carbocycles. The summed E-state index contributed by atoms with van der Waals surface area (Å²) in [6, 6.07) is 0.148. The maximum atomic E-state index is 12.2. The molecule has 1 aromatic rings. The summed E-state index contributed by atoms with van der Waals surface area (Å²) < 4.78 is 1.87. The molecular weight excluding hydrogens is 306 g/mol. The number of hydrogen-bond donors (Lipinski definition) is 2. The fourth-order valence-electron chi connectivity index (χ4n) is 3.49. The quantitative estimate of drug-likeness (QED) is 0.845. The van der Waals surface area contributed by atoms with Crippen molar-refractivity contribution in [3.8, 4) is 0 Å². The molecule has 1 aliphatic heterocycles. The van der Waals surface area contributed by atoms with Gasteiger partial charge in [0.25, 0.3) is 0 Å². The second kappa shape index (κ2) is 6.45. The van der Waals surface area contributed by atoms with E-state index in [2.05, 4.69) is 15.7 Å². The van der Waals surface area contributed by atoms with Crippen LogP contribution in [0.15, 0.2) is 0 Å². The zero-order valence-electron chi connectivity index (χ0n) is 14.9. The molecule has 0 spiro atoms. The van der Waals surface area contributed by atoms with Crippen LogP contribution in [0.25, 0.3) is 0 Å². The van der Waals surface area contributed by atoms with E-state index in [9.17, 15) is 9.59 Å². The average Bonchev–Trinajstić information content (AvgIpc) is 3.23. The highest BCUT2D eigenvalue weighted by atomic mass is 16.2. The number of hydrogen-bond acceptors (Lipinski definition) is 3. The highest BCUT2D eigenvalue weighted by Gasteiger charge is 2.39. The third-order valence-corrected chi connectivity index (χ3v) is 5.03. The third-order valence-electron chi connectivity index (χ3n) is 5.03. The molecule has 3 amide bonds. The van der Waals surface area contributed by atoms with Gasteiger partial charge in [0.2, 0.25) is 5.91 Å². The second-order valence-electron chi connectivity index (χ2n) is 7.17. The lowest BCUT2D eigenvalue weighted by atomic mass is 10.1. The lowest BCUT2D eigenvalue weighted by Crippen LogP contribution is -2.47. The first kappa shape index (κ1) is 16.8. The Bertz CT molecular complexity index is 650. The highest BCUT2D eigenvalue weighted by Crippen LogP contribution is 2.30. The topological polar surface area (TPSA) is 79.3 Å². The molecule has 132 valence electrons. The summed E-state index contributed by atoms with van der Waals surface area (Å²) in [7, 11) is 1.93. The molecule has 3 rings (SSSR count). The van der Waals surface area contributed by atoms with Crippen LogP contribution in [0.5, 0.6) is 0 Å². The van der Waals surface area contributed by atoms with Gasteiger partial charge in [-0.15, -0.1) is 0 Å². The van der Waals surface area contributed by atoms with Crippen LogP contribution < -0.4 is 10.6 Å². The predicted molar refractivity (Wildman–Crippen MR) is 90.7 cm³/mol. The Labute approximate surface area is 142 Å². The molecule has 2 N–H and O–H groups in total. The zero-order chi connectivity index (χ0) is 17.4. The van der Waals surface area contributed by atoms with Gasteiger partial charge in [-0.1, -0.05) is 0 Å². The Morgan fingerprint density at radius 3 is 2.67 bits per heavy atom. The van der Waals surface area contributed by atoms with E-state index in [1.165, 1.54) is 5.56 Å². The molecule has 2 fully saturated rings. The summed E-state index contributed by atoms with van der Waals surface area (Å²) in [4.78, 5) is 26.0. The maximum Gasteiger partial charge on any atom is 0.315 e. The van der Waals surface area contributed by atoms with Gasteiger partial charge in [0.05, 0.1) is 11.7 Å². The van der Waals surface area contributed by atoms with Gasteiger partial charge >= 0.3 is 6.03 Å². The number of amides is 3. The molecule has 2 heterocycles. The first-order valence-electron chi connectivity index (χ1n) is 8.70. The van der Waals surface area contributed by atoms with Gasteiger partial charge < -0.3 is 15.5 Å². The van der Waals surface area contributed by atoms with Crippen molar-refractivity contribution in [1.82, 2.24) is 25.3 Å². The fraction of sp³-hybridized carbons (Fsp3) is 0.706. The molecule has 1 aromatic heterocycles. The average molecular weight is 333 g/mol. The molecule has 24 heavy (non-hydrogen) atoms. The number of aromatic nitrogens is 2. The van der Waals surface area contributed by atoms with Crippen molar-refractivity contribution in [2.45, 2.75) is 64.6 Å². The van der Waals surface area contributed by atoms with Gasteiger partial charge in [0, 0.05) is 37.8 Å². The Balaban J connectivity index is 1.48. The van der Waals surface area contributed by atoms with Crippen LogP contribution in [-0.4, -0.2) is 51.3 Å². The predicted octanol–water partition coefficient (Wildman–Crippen LogP) is 1.03. The Kier molecular flexibility index (Phi) is 4.51. The van der Waals surface area contributed by atoms with Crippen molar-refractivity contribution in [3.05, 3.63) is 17.0 Å². The number of urea groups is 1. The van der Waals surface area contributed by atoms with Crippen LogP contribution in [0.3, 0.4) is 0 Å². The number of nitrogens with zero attached hydrogens (tertiary/aromatic N) is 3. The Hall–Kier alpha value is -2.05. The summed E-state index contributed by atoms with van der Waals surface area (Å²) in [5, 5.41) is 10.3. The molecule has 2 atom stereocenters. The van der Waals surface area contributed by atoms with Crippen LogP contribution in [-0.2, 0) is 18.3 Å². The fourth-order valence-corrected chi connectivity index (χ4v) is 3.49. The minimum Gasteiger partial charge on any atom is -0.338 e. The maximum absolute atomic E-state index is 12.2. The normalized spacial score (nSPS) is 21.9. The first-order valence-corrected chi connectivity index (χ1v) is 8.70. The lowest BCUT2D eigenvalue weighted by Gasteiger charge is -2.19. The second-order valence-corrected chi connectivity index (χ2v) is 7.17. The van der Waals surface area contributed by atoms with Gasteiger partial charge in [-0.2, -0.15) is 5.10 Å². The van der Waals surface area contributed by atoms with Gasteiger partial charge in [0.1, 0.15) is 0 Å². The van der Waals surface area contributed by atoms with E-state index < -0.39 is 0 Å². The van der Waals surface area contributed by atoms with E-state index in [-0.39, 0.29) is 24.0 Å². The van der Waals surface area contributed by atoms with Gasteiger partial charge in [-0.25, -0.2) is 4.79 Å². The largest absolute Gasteiger partial charge is 0.338 e. The smallest absolute Gasteiger partial charge is 0.315 e. The molecule has 0 unspecified atom stereocenters. The van der Waals surface area contributed by atoms with Crippen LogP contribution >= 0.6 is 0 Å². The molecule has 0 radical (unpaired) electrons. The molecular formula is C17H27N5O2.